The van der Waals surface area contributed by atoms with Crippen molar-refractivity contribution < 1.29 is 26.7 Å². The van der Waals surface area contributed by atoms with Gasteiger partial charge in [0, 0.05) is 19.0 Å². The van der Waals surface area contributed by atoms with Gasteiger partial charge in [-0.1, -0.05) is 6.42 Å². The van der Waals surface area contributed by atoms with Gasteiger partial charge in [-0.3, -0.25) is 0 Å². The summed E-state index contributed by atoms with van der Waals surface area (Å²) in [5.74, 6) is -1.38. The molecule has 0 unspecified atom stereocenters. The van der Waals surface area contributed by atoms with Gasteiger partial charge in [-0.15, -0.1) is 4.41 Å². The molecule has 128 valence electrons. The monoisotopic (exact) mass is 352 g/mol. The predicted octanol–water partition coefficient (Wildman–Crippen LogP) is 1.22. The Bertz CT molecular complexity index is 758. The summed E-state index contributed by atoms with van der Waals surface area (Å²) < 4.78 is 66.8. The zero-order valence-corrected chi connectivity index (χ0v) is 13.0. The van der Waals surface area contributed by atoms with Gasteiger partial charge in [0.2, 0.25) is 0 Å². The van der Waals surface area contributed by atoms with Gasteiger partial charge < -0.3 is 9.67 Å². The molecule has 11 heteroatoms. The second kappa shape index (κ2) is 4.94. The Hall–Kier alpha value is -1.62. The first-order chi connectivity index (χ1) is 10.6. The number of hydrogen-bond acceptors (Lipinski definition) is 5. The van der Waals surface area contributed by atoms with Crippen molar-refractivity contribution in [1.82, 2.24) is 14.0 Å². The van der Waals surface area contributed by atoms with Crippen molar-refractivity contribution in [1.29, 1.82) is 0 Å². The molecule has 23 heavy (non-hydrogen) atoms. The Morgan fingerprint density at radius 1 is 1.39 bits per heavy atom. The average Bonchev–Trinajstić information content (AvgIpc) is 3.02. The molecule has 2 heterocycles. The number of aromatic nitrogens is 2. The van der Waals surface area contributed by atoms with Crippen LogP contribution in [0.25, 0.3) is 0 Å². The zero-order valence-electron chi connectivity index (χ0n) is 12.2. The molecule has 1 aromatic heterocycles. The predicted molar refractivity (Wildman–Crippen MR) is 72.6 cm³/mol. The Labute approximate surface area is 130 Å². The van der Waals surface area contributed by atoms with Crippen LogP contribution in [0.5, 0.6) is 0 Å². The van der Waals surface area contributed by atoms with Crippen LogP contribution >= 0.6 is 0 Å². The van der Waals surface area contributed by atoms with Crippen molar-refractivity contribution in [2.24, 2.45) is 18.1 Å². The van der Waals surface area contributed by atoms with Crippen LogP contribution in [0.4, 0.5) is 13.2 Å². The fourth-order valence-corrected chi connectivity index (χ4v) is 4.50. The molecule has 1 aliphatic carbocycles. The molecule has 1 N–H and O–H groups in total. The maximum atomic E-state index is 13.6. The van der Waals surface area contributed by atoms with E-state index in [2.05, 4.69) is 10.1 Å². The highest BCUT2D eigenvalue weighted by molar-refractivity contribution is 7.89. The van der Waals surface area contributed by atoms with Gasteiger partial charge in [0.25, 0.3) is 5.72 Å². The van der Waals surface area contributed by atoms with E-state index in [4.69, 9.17) is 0 Å². The number of nitrogens with zero attached hydrogens (tertiary/aromatic N) is 4. The van der Waals surface area contributed by atoms with Crippen LogP contribution < -0.4 is 0 Å². The van der Waals surface area contributed by atoms with Crippen LogP contribution in [0.1, 0.15) is 25.7 Å². The van der Waals surface area contributed by atoms with Crippen LogP contribution in [0.2, 0.25) is 0 Å². The second-order valence-electron chi connectivity index (χ2n) is 5.74. The summed E-state index contributed by atoms with van der Waals surface area (Å²) in [6.45, 7) is 0. The number of imidazole rings is 1. The quantitative estimate of drug-likeness (QED) is 0.867. The van der Waals surface area contributed by atoms with Gasteiger partial charge in [0.15, 0.2) is 5.03 Å². The molecule has 0 spiro atoms. The van der Waals surface area contributed by atoms with Gasteiger partial charge in [-0.2, -0.15) is 26.7 Å². The first-order valence-electron chi connectivity index (χ1n) is 6.98. The molecule has 1 saturated carbocycles. The number of hydrogen-bond donors (Lipinski definition) is 1. The minimum Gasteiger partial charge on any atom is -0.361 e. The van der Waals surface area contributed by atoms with Gasteiger partial charge in [0.05, 0.1) is 12.2 Å². The lowest BCUT2D eigenvalue weighted by molar-refractivity contribution is -0.306. The Kier molecular flexibility index (Phi) is 3.49. The van der Waals surface area contributed by atoms with E-state index in [0.717, 1.165) is 12.5 Å². The summed E-state index contributed by atoms with van der Waals surface area (Å²) in [4.78, 5) is 3.58. The lowest BCUT2D eigenvalue weighted by Crippen LogP contribution is -2.61. The SMILES string of the molecule is Cn1cnc(S(=O)(=O)N2N=C3CCCC[C@@H]3[C@@]2(O)C(F)(F)F)c1. The Morgan fingerprint density at radius 3 is 2.65 bits per heavy atom. The number of aliphatic hydroxyl groups is 1. The van der Waals surface area contributed by atoms with Crippen LogP contribution in [0.3, 0.4) is 0 Å². The van der Waals surface area contributed by atoms with Crippen LogP contribution in [0.15, 0.2) is 22.7 Å². The van der Waals surface area contributed by atoms with E-state index in [1.807, 2.05) is 0 Å². The average molecular weight is 352 g/mol. The molecule has 1 aromatic rings. The van der Waals surface area contributed by atoms with E-state index in [1.54, 1.807) is 0 Å². The highest BCUT2D eigenvalue weighted by atomic mass is 32.2. The number of fused-ring (bicyclic) bond motifs is 1. The molecule has 0 radical (unpaired) electrons. The van der Waals surface area contributed by atoms with Crippen molar-refractivity contribution in [2.45, 2.75) is 42.6 Å². The van der Waals surface area contributed by atoms with E-state index < -0.39 is 32.9 Å². The van der Waals surface area contributed by atoms with E-state index in [9.17, 15) is 26.7 Å². The summed E-state index contributed by atoms with van der Waals surface area (Å²) in [5, 5.41) is 13.4. The number of sulfonamides is 1. The van der Waals surface area contributed by atoms with E-state index in [-0.39, 0.29) is 23.0 Å². The standard InChI is InChI=1S/C12H15F3N4O3S/c1-18-6-10(16-7-18)23(21,22)19-11(20,12(13,14)15)8-4-2-3-5-9(8)17-19/h6-8,20H,2-5H2,1H3/t8-,11+/m0/s1. The molecular weight excluding hydrogens is 337 g/mol. The zero-order chi connectivity index (χ0) is 17.0. The normalized spacial score (nSPS) is 28.7. The van der Waals surface area contributed by atoms with Crippen molar-refractivity contribution >= 4 is 15.7 Å². The van der Waals surface area contributed by atoms with Crippen molar-refractivity contribution in [3.8, 4) is 0 Å². The molecule has 2 atom stereocenters. The van der Waals surface area contributed by atoms with Crippen LogP contribution in [0, 0.1) is 5.92 Å². The number of hydrazone groups is 1. The third-order valence-electron chi connectivity index (χ3n) is 4.17. The summed E-state index contributed by atoms with van der Waals surface area (Å²) >= 11 is 0. The molecule has 1 aliphatic heterocycles. The molecule has 0 aromatic carbocycles. The fraction of sp³-hybridized carbons (Fsp3) is 0.667. The maximum absolute atomic E-state index is 13.6. The van der Waals surface area contributed by atoms with Gasteiger partial charge >= 0.3 is 16.2 Å². The second-order valence-corrected chi connectivity index (χ2v) is 7.45. The van der Waals surface area contributed by atoms with Gasteiger partial charge in [-0.05, 0) is 19.3 Å². The number of alkyl halides is 3. The van der Waals surface area contributed by atoms with Gasteiger partial charge in [-0.25, -0.2) is 4.98 Å². The summed E-state index contributed by atoms with van der Waals surface area (Å²) in [7, 11) is -3.24. The van der Waals surface area contributed by atoms with Crippen molar-refractivity contribution in [3.63, 3.8) is 0 Å². The highest BCUT2D eigenvalue weighted by Gasteiger charge is 2.70. The minimum atomic E-state index is -5.18. The van der Waals surface area contributed by atoms with E-state index in [0.29, 0.717) is 12.8 Å². The lowest BCUT2D eigenvalue weighted by atomic mass is 9.81. The summed E-state index contributed by atoms with van der Waals surface area (Å²) in [6.07, 6.45) is -1.62. The number of halogens is 3. The first kappa shape index (κ1) is 16.2. The van der Waals surface area contributed by atoms with Crippen molar-refractivity contribution in [2.75, 3.05) is 0 Å². The summed E-state index contributed by atoms with van der Waals surface area (Å²) in [6, 6.07) is 0. The number of rotatable bonds is 2. The molecule has 1 fully saturated rings. The molecule has 0 amide bonds. The Balaban J connectivity index is 2.14. The van der Waals surface area contributed by atoms with Crippen LogP contribution in [-0.4, -0.2) is 45.1 Å². The maximum Gasteiger partial charge on any atom is 0.439 e. The summed E-state index contributed by atoms with van der Waals surface area (Å²) in [5.41, 5.74) is -3.50. The lowest BCUT2D eigenvalue weighted by Gasteiger charge is -2.38. The van der Waals surface area contributed by atoms with E-state index >= 15 is 0 Å². The fourth-order valence-electron chi connectivity index (χ4n) is 3.03. The smallest absolute Gasteiger partial charge is 0.361 e. The highest BCUT2D eigenvalue weighted by Crippen LogP contribution is 2.49. The van der Waals surface area contributed by atoms with Gasteiger partial charge in [0.1, 0.15) is 0 Å². The first-order valence-corrected chi connectivity index (χ1v) is 8.42. The van der Waals surface area contributed by atoms with E-state index in [1.165, 1.54) is 11.6 Å². The molecular formula is C12H15F3N4O3S. The molecule has 2 aliphatic rings. The van der Waals surface area contributed by atoms with Crippen molar-refractivity contribution in [3.05, 3.63) is 12.5 Å². The van der Waals surface area contributed by atoms with Crippen LogP contribution in [-0.2, 0) is 17.1 Å². The molecule has 7 nitrogen and oxygen atoms in total. The molecule has 0 bridgehead atoms. The Morgan fingerprint density at radius 2 is 2.09 bits per heavy atom. The largest absolute Gasteiger partial charge is 0.439 e. The third-order valence-corrected chi connectivity index (χ3v) is 5.72. The minimum absolute atomic E-state index is 0.0308. The topological polar surface area (TPSA) is 87.8 Å². The molecule has 0 saturated heterocycles. The molecule has 3 rings (SSSR count). The number of aryl methyl sites for hydroxylation is 1. The third kappa shape index (κ3) is 2.24.